The zero-order valence-corrected chi connectivity index (χ0v) is 12.7. The molecule has 114 valence electrons. The van der Waals surface area contributed by atoms with Gasteiger partial charge in [-0.1, -0.05) is 25.8 Å². The predicted molar refractivity (Wildman–Crippen MR) is 84.2 cm³/mol. The van der Waals surface area contributed by atoms with E-state index in [0.717, 1.165) is 18.6 Å². The van der Waals surface area contributed by atoms with Crippen molar-refractivity contribution in [2.45, 2.75) is 38.6 Å². The summed E-state index contributed by atoms with van der Waals surface area (Å²) >= 11 is 5.18. The number of rotatable bonds is 3. The maximum atomic E-state index is 13.0. The van der Waals surface area contributed by atoms with Gasteiger partial charge in [-0.05, 0) is 48.7 Å². The zero-order valence-electron chi connectivity index (χ0n) is 11.9. The Morgan fingerprint density at radius 3 is 2.76 bits per heavy atom. The summed E-state index contributed by atoms with van der Waals surface area (Å²) in [5, 5.41) is 7.63. The molecular weight excluding hydrogens is 292 g/mol. The van der Waals surface area contributed by atoms with E-state index in [1.54, 1.807) is 0 Å². The molecule has 0 aliphatic heterocycles. The molecule has 1 aromatic rings. The van der Waals surface area contributed by atoms with Gasteiger partial charge in [0, 0.05) is 6.04 Å². The molecule has 0 bridgehead atoms. The highest BCUT2D eigenvalue weighted by atomic mass is 32.1. The standard InChI is InChI=1S/C15H19F2N3S/c1-10-4-2-3-5-14(10)19-15(21)20-18-9-11-6-7-12(16)13(17)8-11/h6-10,14H,2-5H2,1H3,(H2,19,20,21)/b18-9-/t10-,14+/m1/s1. The fourth-order valence-electron chi connectivity index (χ4n) is 2.49. The lowest BCUT2D eigenvalue weighted by Crippen LogP contribution is -2.44. The van der Waals surface area contributed by atoms with Crippen LogP contribution < -0.4 is 10.7 Å². The van der Waals surface area contributed by atoms with Crippen molar-refractivity contribution in [2.24, 2.45) is 11.0 Å². The number of hydrogen-bond donors (Lipinski definition) is 2. The molecule has 1 aliphatic carbocycles. The summed E-state index contributed by atoms with van der Waals surface area (Å²) in [6, 6.07) is 3.97. The van der Waals surface area contributed by atoms with Gasteiger partial charge in [0.15, 0.2) is 16.7 Å². The Hall–Kier alpha value is -1.56. The van der Waals surface area contributed by atoms with Crippen molar-refractivity contribution in [3.8, 4) is 0 Å². The molecule has 0 unspecified atom stereocenters. The second-order valence-electron chi connectivity index (χ2n) is 5.39. The van der Waals surface area contributed by atoms with Crippen LogP contribution in [0.4, 0.5) is 8.78 Å². The molecule has 0 spiro atoms. The van der Waals surface area contributed by atoms with Crippen LogP contribution in [0.25, 0.3) is 0 Å². The number of hydrogen-bond acceptors (Lipinski definition) is 2. The van der Waals surface area contributed by atoms with Gasteiger partial charge in [0.05, 0.1) is 6.21 Å². The molecule has 0 aromatic heterocycles. The van der Waals surface area contributed by atoms with Crippen LogP contribution in [-0.4, -0.2) is 17.4 Å². The largest absolute Gasteiger partial charge is 0.358 e. The van der Waals surface area contributed by atoms with Gasteiger partial charge in [0.2, 0.25) is 0 Å². The minimum atomic E-state index is -0.893. The molecule has 1 aromatic carbocycles. The maximum absolute atomic E-state index is 13.0. The summed E-state index contributed by atoms with van der Waals surface area (Å²) in [6.45, 7) is 2.21. The third kappa shape index (κ3) is 4.74. The van der Waals surface area contributed by atoms with Gasteiger partial charge in [-0.3, -0.25) is 5.43 Å². The van der Waals surface area contributed by atoms with E-state index >= 15 is 0 Å². The van der Waals surface area contributed by atoms with Crippen molar-refractivity contribution in [2.75, 3.05) is 0 Å². The van der Waals surface area contributed by atoms with E-state index in [9.17, 15) is 8.78 Å². The van der Waals surface area contributed by atoms with Gasteiger partial charge in [-0.15, -0.1) is 0 Å². The predicted octanol–water partition coefficient (Wildman–Crippen LogP) is 3.34. The number of nitrogens with one attached hydrogen (secondary N) is 2. The molecule has 1 saturated carbocycles. The Kier molecular flexibility index (Phi) is 5.61. The first-order valence-corrected chi connectivity index (χ1v) is 7.51. The first-order valence-electron chi connectivity index (χ1n) is 7.11. The number of hydrazone groups is 1. The topological polar surface area (TPSA) is 36.4 Å². The third-order valence-corrected chi connectivity index (χ3v) is 3.96. The molecule has 0 amide bonds. The summed E-state index contributed by atoms with van der Waals surface area (Å²) in [5.74, 6) is -1.17. The minimum Gasteiger partial charge on any atom is -0.358 e. The van der Waals surface area contributed by atoms with Crippen molar-refractivity contribution >= 4 is 23.5 Å². The van der Waals surface area contributed by atoms with Gasteiger partial charge in [-0.2, -0.15) is 5.10 Å². The fourth-order valence-corrected chi connectivity index (χ4v) is 2.69. The summed E-state index contributed by atoms with van der Waals surface area (Å²) in [6.07, 6.45) is 6.20. The Morgan fingerprint density at radius 2 is 2.05 bits per heavy atom. The molecule has 0 heterocycles. The Morgan fingerprint density at radius 1 is 1.29 bits per heavy atom. The Balaban J connectivity index is 1.82. The Labute approximate surface area is 128 Å². The SMILES string of the molecule is C[C@@H]1CCCC[C@@H]1NC(=S)N/N=C\c1ccc(F)c(F)c1. The molecule has 21 heavy (non-hydrogen) atoms. The van der Waals surface area contributed by atoms with Gasteiger partial charge in [-0.25, -0.2) is 8.78 Å². The van der Waals surface area contributed by atoms with E-state index < -0.39 is 11.6 Å². The molecule has 2 atom stereocenters. The van der Waals surface area contributed by atoms with E-state index in [4.69, 9.17) is 12.2 Å². The van der Waals surface area contributed by atoms with Crippen molar-refractivity contribution in [3.63, 3.8) is 0 Å². The summed E-state index contributed by atoms with van der Waals surface area (Å²) < 4.78 is 25.8. The van der Waals surface area contributed by atoms with Crippen LogP contribution >= 0.6 is 12.2 Å². The normalized spacial score (nSPS) is 22.2. The third-order valence-electron chi connectivity index (χ3n) is 3.75. The van der Waals surface area contributed by atoms with E-state index in [1.165, 1.54) is 31.5 Å². The van der Waals surface area contributed by atoms with Gasteiger partial charge in [0.1, 0.15) is 0 Å². The zero-order chi connectivity index (χ0) is 15.2. The van der Waals surface area contributed by atoms with Crippen molar-refractivity contribution < 1.29 is 8.78 Å². The molecule has 2 rings (SSSR count). The van der Waals surface area contributed by atoms with Crippen molar-refractivity contribution in [1.82, 2.24) is 10.7 Å². The fraction of sp³-hybridized carbons (Fsp3) is 0.467. The quantitative estimate of drug-likeness (QED) is 0.511. The van der Waals surface area contributed by atoms with Crippen molar-refractivity contribution in [1.29, 1.82) is 0 Å². The van der Waals surface area contributed by atoms with Crippen LogP contribution in [0.1, 0.15) is 38.2 Å². The molecule has 2 N–H and O–H groups in total. The van der Waals surface area contributed by atoms with Gasteiger partial charge >= 0.3 is 0 Å². The monoisotopic (exact) mass is 311 g/mol. The number of benzene rings is 1. The minimum absolute atomic E-state index is 0.372. The van der Waals surface area contributed by atoms with Crippen LogP contribution in [0, 0.1) is 17.6 Å². The van der Waals surface area contributed by atoms with Crippen LogP contribution in [0.5, 0.6) is 0 Å². The van der Waals surface area contributed by atoms with Gasteiger partial charge in [0.25, 0.3) is 0 Å². The maximum Gasteiger partial charge on any atom is 0.187 e. The smallest absolute Gasteiger partial charge is 0.187 e. The number of halogens is 2. The van der Waals surface area contributed by atoms with E-state index in [2.05, 4.69) is 22.8 Å². The van der Waals surface area contributed by atoms with Gasteiger partial charge < -0.3 is 5.32 Å². The summed E-state index contributed by atoms with van der Waals surface area (Å²) in [5.41, 5.74) is 3.17. The van der Waals surface area contributed by atoms with Crippen LogP contribution in [0.15, 0.2) is 23.3 Å². The summed E-state index contributed by atoms with van der Waals surface area (Å²) in [4.78, 5) is 0. The highest BCUT2D eigenvalue weighted by molar-refractivity contribution is 7.80. The molecule has 6 heteroatoms. The second-order valence-corrected chi connectivity index (χ2v) is 5.79. The van der Waals surface area contributed by atoms with E-state index in [0.29, 0.717) is 22.6 Å². The van der Waals surface area contributed by atoms with E-state index in [1.807, 2.05) is 0 Å². The first-order chi connectivity index (χ1) is 10.1. The number of nitrogens with zero attached hydrogens (tertiary/aromatic N) is 1. The first kappa shape index (κ1) is 15.8. The van der Waals surface area contributed by atoms with Crippen LogP contribution in [-0.2, 0) is 0 Å². The summed E-state index contributed by atoms with van der Waals surface area (Å²) in [7, 11) is 0. The van der Waals surface area contributed by atoms with Crippen LogP contribution in [0.2, 0.25) is 0 Å². The lowest BCUT2D eigenvalue weighted by molar-refractivity contribution is 0.308. The molecule has 1 aliphatic rings. The lowest BCUT2D eigenvalue weighted by Gasteiger charge is -2.30. The molecule has 3 nitrogen and oxygen atoms in total. The average Bonchev–Trinajstić information content (AvgIpc) is 2.45. The van der Waals surface area contributed by atoms with Crippen molar-refractivity contribution in [3.05, 3.63) is 35.4 Å². The second kappa shape index (κ2) is 7.45. The van der Waals surface area contributed by atoms with Crippen LogP contribution in [0.3, 0.4) is 0 Å². The van der Waals surface area contributed by atoms with E-state index in [-0.39, 0.29) is 0 Å². The molecule has 1 fully saturated rings. The lowest BCUT2D eigenvalue weighted by atomic mass is 9.86. The highest BCUT2D eigenvalue weighted by Crippen LogP contribution is 2.23. The average molecular weight is 311 g/mol. The molecule has 0 radical (unpaired) electrons. The highest BCUT2D eigenvalue weighted by Gasteiger charge is 2.21. The number of thiocarbonyl (C=S) groups is 1. The molecular formula is C15H19F2N3S. The Bertz CT molecular complexity index is 534. The molecule has 0 saturated heterocycles.